The predicted octanol–water partition coefficient (Wildman–Crippen LogP) is 3.69. The van der Waals surface area contributed by atoms with Crippen LogP contribution in [0.4, 0.5) is 18.9 Å². The van der Waals surface area contributed by atoms with Crippen molar-refractivity contribution in [3.8, 4) is 0 Å². The van der Waals surface area contributed by atoms with Crippen molar-refractivity contribution >= 4 is 29.0 Å². The molecule has 0 saturated carbocycles. The van der Waals surface area contributed by atoms with Gasteiger partial charge in [0.05, 0.1) is 5.56 Å². The SMILES string of the molecule is CC1(c2ccc(C(F)(F)F)cc2)OC(=S)N(Nc2c#cccc2)C1=O. The number of nitrogens with zero attached hydrogens (tertiary/aromatic N) is 1. The molecule has 0 bridgehead atoms. The van der Waals surface area contributed by atoms with Gasteiger partial charge in [0.1, 0.15) is 5.69 Å². The number of alkyl halides is 3. The highest BCUT2D eigenvalue weighted by atomic mass is 32.1. The summed E-state index contributed by atoms with van der Waals surface area (Å²) in [6.07, 6.45) is -4.46. The van der Waals surface area contributed by atoms with Crippen molar-refractivity contribution < 1.29 is 22.7 Å². The molecule has 128 valence electrons. The van der Waals surface area contributed by atoms with E-state index >= 15 is 0 Å². The summed E-state index contributed by atoms with van der Waals surface area (Å²) in [5.74, 6) is -0.547. The summed E-state index contributed by atoms with van der Waals surface area (Å²) in [7, 11) is 0. The highest BCUT2D eigenvalue weighted by Crippen LogP contribution is 2.36. The Bertz CT molecular complexity index is 809. The molecule has 4 nitrogen and oxygen atoms in total. The van der Waals surface area contributed by atoms with Gasteiger partial charge in [-0.1, -0.05) is 24.3 Å². The molecule has 1 heterocycles. The smallest absolute Gasteiger partial charge is 0.416 e. The minimum absolute atomic E-state index is 0.135. The second-order valence-corrected chi connectivity index (χ2v) is 5.79. The number of amides is 1. The Hall–Kier alpha value is -2.79. The summed E-state index contributed by atoms with van der Waals surface area (Å²) in [5.41, 5.74) is 1.13. The summed E-state index contributed by atoms with van der Waals surface area (Å²) >= 11 is 5.07. The van der Waals surface area contributed by atoms with Crippen LogP contribution in [-0.4, -0.2) is 16.1 Å². The van der Waals surface area contributed by atoms with E-state index in [-0.39, 0.29) is 10.7 Å². The molecule has 0 aromatic heterocycles. The molecule has 2 aromatic rings. The number of nitrogens with one attached hydrogen (secondary N) is 1. The highest BCUT2D eigenvalue weighted by molar-refractivity contribution is 7.80. The Kier molecular flexibility index (Phi) is 4.05. The predicted molar refractivity (Wildman–Crippen MR) is 87.1 cm³/mol. The first-order chi connectivity index (χ1) is 11.7. The van der Waals surface area contributed by atoms with E-state index in [1.165, 1.54) is 19.1 Å². The molecule has 0 spiro atoms. The fraction of sp³-hybridized carbons (Fsp3) is 0.176. The van der Waals surface area contributed by atoms with Crippen LogP contribution in [0.3, 0.4) is 0 Å². The number of thiocarbonyl (C=S) groups is 1. The number of hydrogen-bond acceptors (Lipinski definition) is 4. The zero-order chi connectivity index (χ0) is 18.2. The molecular weight excluding hydrogens is 353 g/mol. The van der Waals surface area contributed by atoms with Gasteiger partial charge in [0, 0.05) is 5.56 Å². The van der Waals surface area contributed by atoms with Crippen LogP contribution in [0.2, 0.25) is 0 Å². The van der Waals surface area contributed by atoms with Gasteiger partial charge in [-0.15, -0.1) is 0 Å². The number of hydrogen-bond donors (Lipinski definition) is 1. The maximum Gasteiger partial charge on any atom is 0.416 e. The van der Waals surface area contributed by atoms with E-state index in [1.807, 2.05) is 0 Å². The maximum atomic E-state index is 12.7. The second-order valence-electron chi connectivity index (χ2n) is 5.44. The molecule has 1 atom stereocenters. The van der Waals surface area contributed by atoms with Gasteiger partial charge in [-0.05, 0) is 49.5 Å². The normalized spacial score (nSPS) is 20.2. The number of carbonyl (C=O) groups excluding carboxylic acids is 1. The van der Waals surface area contributed by atoms with E-state index < -0.39 is 23.2 Å². The molecule has 1 aliphatic heterocycles. The van der Waals surface area contributed by atoms with Crippen molar-refractivity contribution in [2.45, 2.75) is 18.7 Å². The lowest BCUT2D eigenvalue weighted by atomic mass is 9.94. The number of hydrazine groups is 1. The first-order valence-electron chi connectivity index (χ1n) is 7.12. The van der Waals surface area contributed by atoms with Crippen molar-refractivity contribution in [3.63, 3.8) is 0 Å². The van der Waals surface area contributed by atoms with Gasteiger partial charge < -0.3 is 4.74 Å². The monoisotopic (exact) mass is 364 g/mol. The van der Waals surface area contributed by atoms with Gasteiger partial charge in [0.25, 0.3) is 11.1 Å². The quantitative estimate of drug-likeness (QED) is 0.844. The number of carbonyl (C=O) groups is 1. The molecule has 25 heavy (non-hydrogen) atoms. The van der Waals surface area contributed by atoms with E-state index in [9.17, 15) is 18.0 Å². The zero-order valence-electron chi connectivity index (χ0n) is 12.8. The zero-order valence-corrected chi connectivity index (χ0v) is 13.7. The largest absolute Gasteiger partial charge is 0.448 e. The Balaban J connectivity index is 1.87. The maximum absolute atomic E-state index is 12.7. The third kappa shape index (κ3) is 3.10. The van der Waals surface area contributed by atoms with Crippen LogP contribution >= 0.6 is 12.2 Å². The Morgan fingerprint density at radius 1 is 1.24 bits per heavy atom. The Labute approximate surface area is 147 Å². The minimum atomic E-state index is -4.46. The van der Waals surface area contributed by atoms with Gasteiger partial charge in [0.2, 0.25) is 5.60 Å². The number of rotatable bonds is 3. The second kappa shape index (κ2) is 5.93. The number of anilines is 1. The van der Waals surface area contributed by atoms with Crippen molar-refractivity contribution in [2.24, 2.45) is 0 Å². The molecule has 1 saturated heterocycles. The molecule has 0 radical (unpaired) electrons. The summed E-state index contributed by atoms with van der Waals surface area (Å²) in [5, 5.41) is 0.886. The molecule has 1 aliphatic rings. The Morgan fingerprint density at radius 3 is 2.48 bits per heavy atom. The summed E-state index contributed by atoms with van der Waals surface area (Å²) < 4.78 is 43.6. The number of benzene rings is 1. The van der Waals surface area contributed by atoms with E-state index in [0.717, 1.165) is 17.1 Å². The lowest BCUT2D eigenvalue weighted by Crippen LogP contribution is -2.39. The lowest BCUT2D eigenvalue weighted by molar-refractivity contribution is -0.137. The van der Waals surface area contributed by atoms with Gasteiger partial charge in [-0.3, -0.25) is 10.2 Å². The first-order valence-corrected chi connectivity index (χ1v) is 7.53. The molecule has 1 amide bonds. The highest BCUT2D eigenvalue weighted by Gasteiger charge is 2.50. The summed E-state index contributed by atoms with van der Waals surface area (Å²) in [6.45, 7) is 1.45. The first kappa shape index (κ1) is 17.0. The fourth-order valence-corrected chi connectivity index (χ4v) is 2.65. The third-order valence-corrected chi connectivity index (χ3v) is 4.00. The topological polar surface area (TPSA) is 41.6 Å². The minimum Gasteiger partial charge on any atom is -0.448 e. The fourth-order valence-electron chi connectivity index (χ4n) is 2.36. The van der Waals surface area contributed by atoms with Crippen molar-refractivity contribution in [3.05, 3.63) is 65.7 Å². The van der Waals surface area contributed by atoms with E-state index in [1.54, 1.807) is 18.2 Å². The molecule has 8 heteroatoms. The van der Waals surface area contributed by atoms with Crippen LogP contribution in [0, 0.1) is 12.1 Å². The van der Waals surface area contributed by atoms with Crippen LogP contribution in [-0.2, 0) is 21.3 Å². The average molecular weight is 364 g/mol. The van der Waals surface area contributed by atoms with Crippen LogP contribution in [0.1, 0.15) is 18.1 Å². The van der Waals surface area contributed by atoms with Crippen LogP contribution < -0.4 is 5.43 Å². The molecule has 3 rings (SSSR count). The molecule has 1 N–H and O–H groups in total. The standard InChI is InChI=1S/C17H11F3N2O2S/c1-16(11-7-9-12(10-8-11)17(18,19)20)14(23)22(15(25)24-16)21-13-5-3-2-4-6-13/h2-3,5,7-10,21H,1H3. The van der Waals surface area contributed by atoms with E-state index in [2.05, 4.69) is 17.6 Å². The molecule has 1 fully saturated rings. The third-order valence-electron chi connectivity index (χ3n) is 3.73. The average Bonchev–Trinajstić information content (AvgIpc) is 2.79. The van der Waals surface area contributed by atoms with E-state index in [0.29, 0.717) is 5.69 Å². The number of halogens is 3. The van der Waals surface area contributed by atoms with Crippen molar-refractivity contribution in [1.29, 1.82) is 0 Å². The van der Waals surface area contributed by atoms with E-state index in [4.69, 9.17) is 17.0 Å². The number of ether oxygens (including phenoxy) is 1. The summed E-state index contributed by atoms with van der Waals surface area (Å²) in [6, 6.07) is 14.7. The van der Waals surface area contributed by atoms with Gasteiger partial charge in [-0.25, -0.2) is 0 Å². The summed E-state index contributed by atoms with van der Waals surface area (Å²) in [4.78, 5) is 12.7. The van der Waals surface area contributed by atoms with Crippen LogP contribution in [0.25, 0.3) is 0 Å². The van der Waals surface area contributed by atoms with Gasteiger partial charge in [-0.2, -0.15) is 18.2 Å². The molecule has 0 aliphatic carbocycles. The van der Waals surface area contributed by atoms with Crippen LogP contribution in [0.15, 0.2) is 42.5 Å². The van der Waals surface area contributed by atoms with Gasteiger partial charge >= 0.3 is 6.18 Å². The molecule has 2 aromatic carbocycles. The van der Waals surface area contributed by atoms with Gasteiger partial charge in [0.15, 0.2) is 0 Å². The Morgan fingerprint density at radius 2 is 1.92 bits per heavy atom. The van der Waals surface area contributed by atoms with Crippen LogP contribution in [0.5, 0.6) is 0 Å². The van der Waals surface area contributed by atoms with Crippen molar-refractivity contribution in [1.82, 2.24) is 5.01 Å². The molecular formula is C17H11F3N2O2S. The van der Waals surface area contributed by atoms with Crippen molar-refractivity contribution in [2.75, 3.05) is 5.43 Å². The lowest BCUT2D eigenvalue weighted by Gasteiger charge is -2.21. The molecule has 1 unspecified atom stereocenters.